The lowest BCUT2D eigenvalue weighted by Crippen LogP contribution is -2.41. The van der Waals surface area contributed by atoms with Crippen molar-refractivity contribution in [2.45, 2.75) is 51.4 Å². The van der Waals surface area contributed by atoms with E-state index in [9.17, 15) is 4.79 Å². The van der Waals surface area contributed by atoms with Crippen molar-refractivity contribution in [3.8, 4) is 0 Å². The molecule has 1 aliphatic heterocycles. The lowest BCUT2D eigenvalue weighted by molar-refractivity contribution is -0.114. The zero-order valence-corrected chi connectivity index (χ0v) is 15.7. The van der Waals surface area contributed by atoms with Crippen LogP contribution in [0, 0.1) is 5.92 Å². The van der Waals surface area contributed by atoms with E-state index in [0.717, 1.165) is 19.4 Å². The number of rotatable bonds is 7. The summed E-state index contributed by atoms with van der Waals surface area (Å²) >= 11 is 0. The lowest BCUT2D eigenvalue weighted by Gasteiger charge is -2.38. The van der Waals surface area contributed by atoms with Gasteiger partial charge < -0.3 is 9.69 Å². The summed E-state index contributed by atoms with van der Waals surface area (Å²) < 4.78 is 0. The number of hydrogen-bond acceptors (Lipinski definition) is 2. The Bertz CT molecular complexity index is 699. The summed E-state index contributed by atoms with van der Waals surface area (Å²) in [6.45, 7) is 7.84. The molecule has 2 atom stereocenters. The van der Waals surface area contributed by atoms with Gasteiger partial charge in [0.25, 0.3) is 0 Å². The van der Waals surface area contributed by atoms with Gasteiger partial charge in [0.05, 0.1) is 5.41 Å². The molecule has 1 aliphatic rings. The molecule has 2 aromatic rings. The van der Waals surface area contributed by atoms with Crippen LogP contribution in [0.4, 0.5) is 0 Å². The SMILES string of the molecule is CCC(C)C(C=O)(CCN1CCCCC1)c1cccc2ccccc12. The Morgan fingerprint density at radius 1 is 1.08 bits per heavy atom. The molecular weight excluding hydrogens is 306 g/mol. The van der Waals surface area contributed by atoms with Gasteiger partial charge in [0.2, 0.25) is 0 Å². The summed E-state index contributed by atoms with van der Waals surface area (Å²) in [5.74, 6) is 0.334. The third-order valence-electron chi connectivity index (χ3n) is 6.28. The molecule has 0 aromatic heterocycles. The van der Waals surface area contributed by atoms with Gasteiger partial charge in [-0.05, 0) is 61.2 Å². The third kappa shape index (κ3) is 3.64. The minimum Gasteiger partial charge on any atom is -0.303 e. The van der Waals surface area contributed by atoms with Gasteiger partial charge in [0.1, 0.15) is 6.29 Å². The Kier molecular flexibility index (Phi) is 5.90. The molecule has 25 heavy (non-hydrogen) atoms. The fourth-order valence-electron chi connectivity index (χ4n) is 4.41. The molecule has 0 bridgehead atoms. The maximum absolute atomic E-state index is 12.5. The Balaban J connectivity index is 1.99. The van der Waals surface area contributed by atoms with Crippen molar-refractivity contribution in [2.24, 2.45) is 5.92 Å². The molecule has 0 amide bonds. The lowest BCUT2D eigenvalue weighted by atomic mass is 9.67. The van der Waals surface area contributed by atoms with Crippen molar-refractivity contribution in [3.63, 3.8) is 0 Å². The zero-order valence-electron chi connectivity index (χ0n) is 15.7. The highest BCUT2D eigenvalue weighted by molar-refractivity contribution is 5.90. The van der Waals surface area contributed by atoms with E-state index in [4.69, 9.17) is 0 Å². The van der Waals surface area contributed by atoms with Crippen molar-refractivity contribution in [2.75, 3.05) is 19.6 Å². The van der Waals surface area contributed by atoms with Crippen molar-refractivity contribution in [1.82, 2.24) is 4.90 Å². The number of benzene rings is 2. The van der Waals surface area contributed by atoms with Crippen LogP contribution in [0.25, 0.3) is 10.8 Å². The quantitative estimate of drug-likeness (QED) is 0.647. The molecule has 134 valence electrons. The maximum atomic E-state index is 12.5. The molecule has 0 aliphatic carbocycles. The van der Waals surface area contributed by atoms with Crippen LogP contribution < -0.4 is 0 Å². The monoisotopic (exact) mass is 337 g/mol. The first-order chi connectivity index (χ1) is 12.2. The van der Waals surface area contributed by atoms with Crippen LogP contribution in [-0.4, -0.2) is 30.8 Å². The molecule has 2 unspecified atom stereocenters. The van der Waals surface area contributed by atoms with Crippen LogP contribution in [0.15, 0.2) is 42.5 Å². The van der Waals surface area contributed by atoms with Gasteiger partial charge in [-0.1, -0.05) is 69.2 Å². The Morgan fingerprint density at radius 3 is 2.52 bits per heavy atom. The molecule has 0 radical (unpaired) electrons. The van der Waals surface area contributed by atoms with Gasteiger partial charge in [0.15, 0.2) is 0 Å². The fraction of sp³-hybridized carbons (Fsp3) is 0.522. The smallest absolute Gasteiger partial charge is 0.130 e. The van der Waals surface area contributed by atoms with Gasteiger partial charge in [-0.2, -0.15) is 0 Å². The topological polar surface area (TPSA) is 20.3 Å². The summed E-state index contributed by atoms with van der Waals surface area (Å²) in [6, 6.07) is 14.9. The predicted octanol–water partition coefficient (Wildman–Crippen LogP) is 5.20. The number of carbonyl (C=O) groups is 1. The first kappa shape index (κ1) is 18.1. The summed E-state index contributed by atoms with van der Waals surface area (Å²) in [4.78, 5) is 15.1. The van der Waals surface area contributed by atoms with E-state index in [1.54, 1.807) is 0 Å². The zero-order chi connectivity index (χ0) is 17.7. The average molecular weight is 338 g/mol. The molecule has 0 spiro atoms. The second-order valence-electron chi connectivity index (χ2n) is 7.65. The van der Waals surface area contributed by atoms with Crippen molar-refractivity contribution in [3.05, 3.63) is 48.0 Å². The number of likely N-dealkylation sites (tertiary alicyclic amines) is 1. The standard InChI is InChI=1S/C23H31NO/c1-3-19(2)23(18-25,14-17-24-15-7-4-8-16-24)22-13-9-11-20-10-5-6-12-21(20)22/h5-6,9-13,18-19H,3-4,7-8,14-17H2,1-2H3. The number of aldehydes is 1. The molecule has 1 fully saturated rings. The summed E-state index contributed by atoms with van der Waals surface area (Å²) in [7, 11) is 0. The second-order valence-corrected chi connectivity index (χ2v) is 7.65. The highest BCUT2D eigenvalue weighted by atomic mass is 16.1. The Hall–Kier alpha value is -1.67. The van der Waals surface area contributed by atoms with E-state index >= 15 is 0 Å². The number of nitrogens with zero attached hydrogens (tertiary/aromatic N) is 1. The molecule has 1 heterocycles. The number of fused-ring (bicyclic) bond motifs is 1. The summed E-state index contributed by atoms with van der Waals surface area (Å²) in [5, 5.41) is 2.46. The molecule has 2 aromatic carbocycles. The van der Waals surface area contributed by atoms with E-state index in [0.29, 0.717) is 5.92 Å². The molecule has 2 heteroatoms. The predicted molar refractivity (Wildman–Crippen MR) is 106 cm³/mol. The number of hydrogen-bond donors (Lipinski definition) is 0. The molecule has 2 nitrogen and oxygen atoms in total. The minimum atomic E-state index is -0.396. The van der Waals surface area contributed by atoms with E-state index in [-0.39, 0.29) is 0 Å². The molecule has 3 rings (SSSR count). The molecule has 0 N–H and O–H groups in total. The molecule has 1 saturated heterocycles. The van der Waals surface area contributed by atoms with Crippen LogP contribution in [0.2, 0.25) is 0 Å². The molecule has 0 saturated carbocycles. The summed E-state index contributed by atoms with van der Waals surface area (Å²) in [6.07, 6.45) is 7.13. The average Bonchev–Trinajstić information content (AvgIpc) is 2.69. The van der Waals surface area contributed by atoms with Gasteiger partial charge in [-0.25, -0.2) is 0 Å². The Labute approximate surface area is 152 Å². The maximum Gasteiger partial charge on any atom is 0.130 e. The van der Waals surface area contributed by atoms with Crippen molar-refractivity contribution >= 4 is 17.1 Å². The van der Waals surface area contributed by atoms with E-state index < -0.39 is 5.41 Å². The van der Waals surface area contributed by atoms with E-state index in [1.165, 1.54) is 55.0 Å². The first-order valence-electron chi connectivity index (χ1n) is 9.88. The second kappa shape index (κ2) is 8.14. The third-order valence-corrected chi connectivity index (χ3v) is 6.28. The van der Waals surface area contributed by atoms with Gasteiger partial charge in [-0.3, -0.25) is 0 Å². The van der Waals surface area contributed by atoms with Crippen LogP contribution in [0.1, 0.15) is 51.5 Å². The molecular formula is C23H31NO. The number of carbonyl (C=O) groups excluding carboxylic acids is 1. The fourth-order valence-corrected chi connectivity index (χ4v) is 4.41. The normalized spacial score (nSPS) is 19.4. The van der Waals surface area contributed by atoms with Gasteiger partial charge in [-0.15, -0.1) is 0 Å². The van der Waals surface area contributed by atoms with Crippen LogP contribution in [-0.2, 0) is 10.2 Å². The highest BCUT2D eigenvalue weighted by Crippen LogP contribution is 2.40. The summed E-state index contributed by atoms with van der Waals surface area (Å²) in [5.41, 5.74) is 0.819. The largest absolute Gasteiger partial charge is 0.303 e. The van der Waals surface area contributed by atoms with Crippen molar-refractivity contribution in [1.29, 1.82) is 0 Å². The van der Waals surface area contributed by atoms with Crippen LogP contribution in [0.3, 0.4) is 0 Å². The van der Waals surface area contributed by atoms with Gasteiger partial charge in [0, 0.05) is 0 Å². The van der Waals surface area contributed by atoms with Crippen molar-refractivity contribution < 1.29 is 4.79 Å². The van der Waals surface area contributed by atoms with E-state index in [1.807, 2.05) is 0 Å². The van der Waals surface area contributed by atoms with Crippen LogP contribution >= 0.6 is 0 Å². The first-order valence-corrected chi connectivity index (χ1v) is 9.88. The van der Waals surface area contributed by atoms with Gasteiger partial charge >= 0.3 is 0 Å². The number of piperidine rings is 1. The van der Waals surface area contributed by atoms with Crippen LogP contribution in [0.5, 0.6) is 0 Å². The van der Waals surface area contributed by atoms with E-state index in [2.05, 4.69) is 61.2 Å². The Morgan fingerprint density at radius 2 is 1.80 bits per heavy atom. The minimum absolute atomic E-state index is 0.334. The highest BCUT2D eigenvalue weighted by Gasteiger charge is 2.38.